The monoisotopic (exact) mass is 510 g/mol. The van der Waals surface area contributed by atoms with Crippen molar-refractivity contribution in [1.29, 1.82) is 0 Å². The standard InChI is InChI=1S/C25H23ClN4O6/c26-19-3-1-2-18(13-19)16-6-4-15(5-7-16)12-20(14-21(31)25(35)36)28-23(33)24(34)30-29-22(32)17-8-10-27-11-9-17/h1-11,13,20-21,31H,12,14H2,(H,28,33)(H,29,32)(H,30,34)(H,35,36)/t20?,21-/m1/s1. The van der Waals surface area contributed by atoms with Crippen molar-refractivity contribution in [3.8, 4) is 11.1 Å². The van der Waals surface area contributed by atoms with E-state index in [0.717, 1.165) is 16.7 Å². The van der Waals surface area contributed by atoms with Gasteiger partial charge in [0.1, 0.15) is 0 Å². The van der Waals surface area contributed by atoms with Crippen LogP contribution in [0.2, 0.25) is 5.02 Å². The number of aliphatic carboxylic acids is 1. The average molecular weight is 511 g/mol. The van der Waals surface area contributed by atoms with Gasteiger partial charge in [-0.2, -0.15) is 0 Å². The Labute approximate surface area is 211 Å². The van der Waals surface area contributed by atoms with Crippen LogP contribution >= 0.6 is 11.6 Å². The minimum absolute atomic E-state index is 0.141. The largest absolute Gasteiger partial charge is 0.479 e. The first kappa shape index (κ1) is 26.3. The Kier molecular flexibility index (Phi) is 9.09. The summed E-state index contributed by atoms with van der Waals surface area (Å²) in [4.78, 5) is 51.5. The van der Waals surface area contributed by atoms with E-state index < -0.39 is 35.8 Å². The van der Waals surface area contributed by atoms with Gasteiger partial charge in [-0.1, -0.05) is 48.0 Å². The van der Waals surface area contributed by atoms with Crippen LogP contribution in [0.5, 0.6) is 0 Å². The molecule has 0 saturated carbocycles. The summed E-state index contributed by atoms with van der Waals surface area (Å²) in [5.41, 5.74) is 6.86. The maximum atomic E-state index is 12.4. The van der Waals surface area contributed by atoms with Crippen molar-refractivity contribution in [3.05, 3.63) is 89.2 Å². The third kappa shape index (κ3) is 7.62. The topological polar surface area (TPSA) is 158 Å². The molecule has 0 aliphatic carbocycles. The van der Waals surface area contributed by atoms with Crippen LogP contribution in [-0.2, 0) is 20.8 Å². The SMILES string of the molecule is O=C(NNC(=O)c1ccncc1)C(=O)NC(Cc1ccc(-c2cccc(Cl)c2)cc1)C[C@@H](O)C(=O)O. The van der Waals surface area contributed by atoms with Crippen molar-refractivity contribution in [3.63, 3.8) is 0 Å². The molecule has 1 unspecified atom stereocenters. The van der Waals surface area contributed by atoms with Gasteiger partial charge in [-0.25, -0.2) is 4.79 Å². The molecule has 0 spiro atoms. The van der Waals surface area contributed by atoms with E-state index in [4.69, 9.17) is 16.7 Å². The summed E-state index contributed by atoms with van der Waals surface area (Å²) in [6, 6.07) is 16.5. The van der Waals surface area contributed by atoms with Crippen molar-refractivity contribution in [1.82, 2.24) is 21.2 Å². The van der Waals surface area contributed by atoms with Gasteiger partial charge in [0.25, 0.3) is 5.91 Å². The number of halogens is 1. The number of rotatable bonds is 8. The Hall–Kier alpha value is -4.28. The molecule has 3 aromatic rings. The smallest absolute Gasteiger partial charge is 0.332 e. The number of aliphatic hydroxyl groups excluding tert-OH is 1. The third-order valence-electron chi connectivity index (χ3n) is 5.16. The lowest BCUT2D eigenvalue weighted by Crippen LogP contribution is -2.51. The van der Waals surface area contributed by atoms with Gasteiger partial charge in [-0.05, 0) is 47.4 Å². The van der Waals surface area contributed by atoms with E-state index in [1.54, 1.807) is 18.2 Å². The summed E-state index contributed by atoms with van der Waals surface area (Å²) in [5.74, 6) is -4.39. The molecule has 3 rings (SSSR count). The molecule has 0 saturated heterocycles. The van der Waals surface area contributed by atoms with Crippen LogP contribution in [0.3, 0.4) is 0 Å². The Morgan fingerprint density at radius 3 is 2.22 bits per heavy atom. The Balaban J connectivity index is 1.64. The van der Waals surface area contributed by atoms with Gasteiger partial charge in [0.2, 0.25) is 0 Å². The zero-order valence-corrected chi connectivity index (χ0v) is 19.6. The van der Waals surface area contributed by atoms with Crippen LogP contribution in [0.25, 0.3) is 11.1 Å². The second-order valence-corrected chi connectivity index (χ2v) is 8.25. The first-order valence-corrected chi connectivity index (χ1v) is 11.2. The average Bonchev–Trinajstić information content (AvgIpc) is 2.87. The molecule has 1 aromatic heterocycles. The molecule has 3 amide bonds. The molecule has 11 heteroatoms. The van der Waals surface area contributed by atoms with Gasteiger partial charge >= 0.3 is 17.8 Å². The van der Waals surface area contributed by atoms with E-state index in [-0.39, 0.29) is 18.4 Å². The van der Waals surface area contributed by atoms with Crippen LogP contribution < -0.4 is 16.2 Å². The molecule has 0 bridgehead atoms. The molecular formula is C25H23ClN4O6. The fraction of sp³-hybridized carbons (Fsp3) is 0.160. The molecule has 2 atom stereocenters. The van der Waals surface area contributed by atoms with Crippen LogP contribution in [0.1, 0.15) is 22.3 Å². The highest BCUT2D eigenvalue weighted by atomic mass is 35.5. The summed E-state index contributed by atoms with van der Waals surface area (Å²) < 4.78 is 0. The minimum atomic E-state index is -1.75. The highest BCUT2D eigenvalue weighted by Gasteiger charge is 2.25. The second kappa shape index (κ2) is 12.4. The first-order chi connectivity index (χ1) is 17.2. The molecule has 2 aromatic carbocycles. The normalized spacial score (nSPS) is 12.2. The number of carbonyl (C=O) groups excluding carboxylic acids is 3. The van der Waals surface area contributed by atoms with E-state index >= 15 is 0 Å². The van der Waals surface area contributed by atoms with Gasteiger partial charge < -0.3 is 15.5 Å². The maximum Gasteiger partial charge on any atom is 0.332 e. The number of aromatic nitrogens is 1. The third-order valence-corrected chi connectivity index (χ3v) is 5.40. The molecule has 0 aliphatic heterocycles. The Morgan fingerprint density at radius 1 is 0.889 bits per heavy atom. The number of hydrogen-bond donors (Lipinski definition) is 5. The predicted octanol–water partition coefficient (Wildman–Crippen LogP) is 1.73. The van der Waals surface area contributed by atoms with Gasteiger partial charge in [-0.15, -0.1) is 0 Å². The van der Waals surface area contributed by atoms with Crippen LogP contribution in [0.4, 0.5) is 0 Å². The predicted molar refractivity (Wildman–Crippen MR) is 131 cm³/mol. The zero-order valence-electron chi connectivity index (χ0n) is 18.8. The molecule has 36 heavy (non-hydrogen) atoms. The van der Waals surface area contributed by atoms with Gasteiger partial charge in [0, 0.05) is 35.4 Å². The summed E-state index contributed by atoms with van der Waals surface area (Å²) in [6.07, 6.45) is 0.832. The number of amides is 3. The van der Waals surface area contributed by atoms with E-state index in [0.29, 0.717) is 5.02 Å². The van der Waals surface area contributed by atoms with E-state index in [1.807, 2.05) is 35.8 Å². The maximum absolute atomic E-state index is 12.4. The summed E-state index contributed by atoms with van der Waals surface area (Å²) in [6.45, 7) is 0. The number of carbonyl (C=O) groups is 4. The molecule has 5 N–H and O–H groups in total. The highest BCUT2D eigenvalue weighted by Crippen LogP contribution is 2.23. The number of nitrogens with zero attached hydrogens (tertiary/aromatic N) is 1. The fourth-order valence-electron chi connectivity index (χ4n) is 3.35. The zero-order chi connectivity index (χ0) is 26.1. The molecule has 1 heterocycles. The fourth-order valence-corrected chi connectivity index (χ4v) is 3.54. The molecule has 0 aliphatic rings. The number of hydrazine groups is 1. The lowest BCUT2D eigenvalue weighted by atomic mass is 9.98. The lowest BCUT2D eigenvalue weighted by Gasteiger charge is -2.20. The van der Waals surface area contributed by atoms with Crippen molar-refractivity contribution in [2.45, 2.75) is 25.0 Å². The number of hydrogen-bond acceptors (Lipinski definition) is 6. The first-order valence-electron chi connectivity index (χ1n) is 10.8. The summed E-state index contributed by atoms with van der Waals surface area (Å²) in [5, 5.41) is 21.9. The number of nitrogens with one attached hydrogen (secondary N) is 3. The Morgan fingerprint density at radius 2 is 1.58 bits per heavy atom. The van der Waals surface area contributed by atoms with Gasteiger partial charge in [-0.3, -0.25) is 30.2 Å². The highest BCUT2D eigenvalue weighted by molar-refractivity contribution is 6.35. The molecule has 10 nitrogen and oxygen atoms in total. The van der Waals surface area contributed by atoms with Crippen molar-refractivity contribution >= 4 is 35.3 Å². The van der Waals surface area contributed by atoms with Crippen LogP contribution in [0.15, 0.2) is 73.1 Å². The minimum Gasteiger partial charge on any atom is -0.479 e. The number of carboxylic acid groups (broad SMARTS) is 1. The van der Waals surface area contributed by atoms with E-state index in [9.17, 15) is 24.3 Å². The van der Waals surface area contributed by atoms with E-state index in [2.05, 4.69) is 15.7 Å². The molecular weight excluding hydrogens is 488 g/mol. The van der Waals surface area contributed by atoms with E-state index in [1.165, 1.54) is 24.5 Å². The van der Waals surface area contributed by atoms with Crippen LogP contribution in [-0.4, -0.2) is 51.0 Å². The van der Waals surface area contributed by atoms with Gasteiger partial charge in [0.05, 0.1) is 0 Å². The number of pyridine rings is 1. The molecule has 186 valence electrons. The van der Waals surface area contributed by atoms with Crippen molar-refractivity contribution in [2.75, 3.05) is 0 Å². The van der Waals surface area contributed by atoms with Crippen molar-refractivity contribution < 1.29 is 29.4 Å². The molecule has 0 radical (unpaired) electrons. The van der Waals surface area contributed by atoms with Crippen LogP contribution in [0, 0.1) is 0 Å². The Bertz CT molecular complexity index is 1240. The number of benzene rings is 2. The quantitative estimate of drug-likeness (QED) is 0.228. The number of aliphatic hydroxyl groups is 1. The van der Waals surface area contributed by atoms with Gasteiger partial charge in [0.15, 0.2) is 6.10 Å². The van der Waals surface area contributed by atoms with Crippen molar-refractivity contribution in [2.24, 2.45) is 0 Å². The summed E-state index contributed by atoms with van der Waals surface area (Å²) >= 11 is 6.04. The second-order valence-electron chi connectivity index (χ2n) is 7.82. The molecule has 0 fully saturated rings. The number of carboxylic acids is 1. The summed E-state index contributed by atoms with van der Waals surface area (Å²) in [7, 11) is 0. The lowest BCUT2D eigenvalue weighted by molar-refractivity contribution is -0.147.